The number of benzene rings is 2. The summed E-state index contributed by atoms with van der Waals surface area (Å²) in [6.07, 6.45) is 0.0371. The lowest BCUT2D eigenvalue weighted by Crippen LogP contribution is -2.50. The minimum absolute atomic E-state index is 0.0312. The fourth-order valence-electron chi connectivity index (χ4n) is 3.54. The predicted molar refractivity (Wildman–Crippen MR) is 114 cm³/mol. The van der Waals surface area contributed by atoms with Gasteiger partial charge in [0.15, 0.2) is 0 Å². The van der Waals surface area contributed by atoms with Gasteiger partial charge in [0.25, 0.3) is 0 Å². The van der Waals surface area contributed by atoms with Crippen molar-refractivity contribution in [2.45, 2.75) is 68.2 Å². The molecule has 8 heteroatoms. The molecule has 0 N–H and O–H groups in total. The lowest BCUT2D eigenvalue weighted by molar-refractivity contribution is -0.0624. The number of amides is 1. The van der Waals surface area contributed by atoms with Gasteiger partial charge in [-0.2, -0.15) is 0 Å². The molecular formula is C23H28FNO5S. The smallest absolute Gasteiger partial charge is 0.412 e. The Morgan fingerprint density at radius 1 is 1.10 bits per heavy atom. The molecule has 0 bridgehead atoms. The van der Waals surface area contributed by atoms with Crippen molar-refractivity contribution in [2.24, 2.45) is 0 Å². The Morgan fingerprint density at radius 3 is 2.13 bits per heavy atom. The zero-order valence-electron chi connectivity index (χ0n) is 18.4. The largest absolute Gasteiger partial charge is 0.444 e. The maximum Gasteiger partial charge on any atom is 0.412 e. The second kappa shape index (κ2) is 8.24. The van der Waals surface area contributed by atoms with Gasteiger partial charge in [0, 0.05) is 0 Å². The molecule has 1 fully saturated rings. The number of nitrogens with zero attached hydrogens (tertiary/aromatic N) is 1. The van der Waals surface area contributed by atoms with Crippen LogP contribution in [0.2, 0.25) is 0 Å². The molecule has 2 aromatic carbocycles. The normalized spacial score (nSPS) is 18.8. The van der Waals surface area contributed by atoms with Crippen LogP contribution in [0.3, 0.4) is 0 Å². The molecule has 0 saturated carbocycles. The third-order valence-electron chi connectivity index (χ3n) is 4.99. The van der Waals surface area contributed by atoms with Crippen molar-refractivity contribution in [1.29, 1.82) is 0 Å². The van der Waals surface area contributed by atoms with Crippen LogP contribution in [0.5, 0.6) is 0 Å². The van der Waals surface area contributed by atoms with E-state index in [-0.39, 0.29) is 15.8 Å². The Bertz CT molecular complexity index is 1040. The maximum absolute atomic E-state index is 13.1. The molecule has 0 unspecified atom stereocenters. The molecule has 31 heavy (non-hydrogen) atoms. The maximum atomic E-state index is 13.1. The predicted octanol–water partition coefficient (Wildman–Crippen LogP) is 4.57. The van der Waals surface area contributed by atoms with E-state index in [9.17, 15) is 17.6 Å². The van der Waals surface area contributed by atoms with Gasteiger partial charge in [0.1, 0.15) is 17.1 Å². The monoisotopic (exact) mass is 449 g/mol. The molecule has 6 nitrogen and oxygen atoms in total. The highest BCUT2D eigenvalue weighted by molar-refractivity contribution is 7.91. The van der Waals surface area contributed by atoms with E-state index in [0.717, 1.165) is 17.7 Å². The van der Waals surface area contributed by atoms with Crippen LogP contribution in [0.15, 0.2) is 58.3 Å². The molecule has 1 amide bonds. The van der Waals surface area contributed by atoms with Gasteiger partial charge < -0.3 is 9.47 Å². The molecule has 3 rings (SSSR count). The van der Waals surface area contributed by atoms with Crippen LogP contribution in [-0.2, 0) is 25.7 Å². The van der Waals surface area contributed by atoms with E-state index in [1.807, 2.05) is 34.6 Å². The Kier molecular flexibility index (Phi) is 6.17. The molecule has 2 aromatic rings. The van der Waals surface area contributed by atoms with E-state index in [1.54, 1.807) is 17.0 Å². The zero-order valence-corrected chi connectivity index (χ0v) is 19.2. The molecule has 0 spiro atoms. The van der Waals surface area contributed by atoms with Gasteiger partial charge in [0.2, 0.25) is 9.84 Å². The van der Waals surface area contributed by atoms with Crippen LogP contribution >= 0.6 is 0 Å². The molecular weight excluding hydrogens is 421 g/mol. The second-order valence-electron chi connectivity index (χ2n) is 9.07. The van der Waals surface area contributed by atoms with Gasteiger partial charge in [-0.25, -0.2) is 17.6 Å². The van der Waals surface area contributed by atoms with E-state index in [1.165, 1.54) is 24.3 Å². The summed E-state index contributed by atoms with van der Waals surface area (Å²) in [4.78, 5) is 14.5. The number of hydrogen-bond donors (Lipinski definition) is 0. The summed E-state index contributed by atoms with van der Waals surface area (Å²) in [7, 11) is -3.74. The molecule has 0 aromatic heterocycles. The summed E-state index contributed by atoms with van der Waals surface area (Å²) >= 11 is 0. The number of carbonyl (C=O) groups excluding carboxylic acids is 1. The zero-order chi connectivity index (χ0) is 23.0. The van der Waals surface area contributed by atoms with Gasteiger partial charge in [-0.15, -0.1) is 0 Å². The van der Waals surface area contributed by atoms with Gasteiger partial charge in [-0.3, -0.25) is 4.90 Å². The first-order valence-electron chi connectivity index (χ1n) is 10.1. The van der Waals surface area contributed by atoms with E-state index < -0.39 is 33.1 Å². The van der Waals surface area contributed by atoms with Gasteiger partial charge in [-0.1, -0.05) is 12.1 Å². The van der Waals surface area contributed by atoms with Gasteiger partial charge in [-0.05, 0) is 83.0 Å². The first-order valence-corrected chi connectivity index (χ1v) is 11.5. The third kappa shape index (κ3) is 5.25. The van der Waals surface area contributed by atoms with Crippen molar-refractivity contribution < 1.29 is 27.1 Å². The van der Waals surface area contributed by atoms with Crippen molar-refractivity contribution in [1.82, 2.24) is 4.90 Å². The summed E-state index contributed by atoms with van der Waals surface area (Å²) in [5.41, 5.74) is -0.576. The minimum Gasteiger partial charge on any atom is -0.444 e. The molecule has 0 aliphatic carbocycles. The Balaban J connectivity index is 1.78. The van der Waals surface area contributed by atoms with Gasteiger partial charge in [0.05, 0.1) is 22.4 Å². The molecule has 1 heterocycles. The van der Waals surface area contributed by atoms with Crippen molar-refractivity contribution in [2.75, 3.05) is 6.61 Å². The highest BCUT2D eigenvalue weighted by atomic mass is 32.2. The number of halogens is 1. The van der Waals surface area contributed by atoms with Crippen LogP contribution < -0.4 is 0 Å². The quantitative estimate of drug-likeness (QED) is 0.639. The summed E-state index contributed by atoms with van der Waals surface area (Å²) in [5.74, 6) is -0.495. The highest BCUT2D eigenvalue weighted by Crippen LogP contribution is 2.31. The van der Waals surface area contributed by atoms with Crippen LogP contribution in [0.1, 0.15) is 40.2 Å². The van der Waals surface area contributed by atoms with Crippen molar-refractivity contribution in [3.63, 3.8) is 0 Å². The standard InChI is InChI=1S/C23H28FNO5S/c1-22(2,3)30-21(26)25-18(15-29-23(25,4)5)14-16-6-10-19(11-7-16)31(27,28)20-12-8-17(24)9-13-20/h6-13,18H,14-15H2,1-5H3/t18-/m0/s1. The van der Waals surface area contributed by atoms with E-state index in [2.05, 4.69) is 0 Å². The Labute approximate surface area is 182 Å². The first-order chi connectivity index (χ1) is 14.3. The summed E-state index contributed by atoms with van der Waals surface area (Å²) < 4.78 is 50.0. The summed E-state index contributed by atoms with van der Waals surface area (Å²) in [6, 6.07) is 11.0. The van der Waals surface area contributed by atoms with E-state index >= 15 is 0 Å². The topological polar surface area (TPSA) is 72.9 Å². The van der Waals surface area contributed by atoms with Crippen molar-refractivity contribution in [3.8, 4) is 0 Å². The molecule has 1 saturated heterocycles. The fourth-order valence-corrected chi connectivity index (χ4v) is 4.80. The number of hydrogen-bond acceptors (Lipinski definition) is 5. The molecule has 1 aliphatic heterocycles. The summed E-state index contributed by atoms with van der Waals surface area (Å²) in [6.45, 7) is 9.41. The van der Waals surface area contributed by atoms with Crippen molar-refractivity contribution >= 4 is 15.9 Å². The fraction of sp³-hybridized carbons (Fsp3) is 0.435. The van der Waals surface area contributed by atoms with Crippen LogP contribution in [0.25, 0.3) is 0 Å². The first kappa shape index (κ1) is 23.2. The Hall–Kier alpha value is -2.45. The Morgan fingerprint density at radius 2 is 1.61 bits per heavy atom. The number of ether oxygens (including phenoxy) is 2. The van der Waals surface area contributed by atoms with Crippen LogP contribution in [-0.4, -0.2) is 43.4 Å². The van der Waals surface area contributed by atoms with E-state index in [0.29, 0.717) is 13.0 Å². The lowest BCUT2D eigenvalue weighted by Gasteiger charge is -2.35. The van der Waals surface area contributed by atoms with Crippen LogP contribution in [0, 0.1) is 5.82 Å². The number of sulfone groups is 1. The number of carbonyl (C=O) groups is 1. The van der Waals surface area contributed by atoms with E-state index in [4.69, 9.17) is 9.47 Å². The number of rotatable bonds is 4. The lowest BCUT2D eigenvalue weighted by atomic mass is 10.1. The van der Waals surface area contributed by atoms with Crippen molar-refractivity contribution in [3.05, 3.63) is 59.9 Å². The average Bonchev–Trinajstić information content (AvgIpc) is 2.95. The van der Waals surface area contributed by atoms with Gasteiger partial charge >= 0.3 is 6.09 Å². The summed E-state index contributed by atoms with van der Waals surface area (Å²) in [5, 5.41) is 0. The molecule has 168 valence electrons. The molecule has 1 atom stereocenters. The molecule has 0 radical (unpaired) electrons. The second-order valence-corrected chi connectivity index (χ2v) is 11.0. The third-order valence-corrected chi connectivity index (χ3v) is 6.78. The highest BCUT2D eigenvalue weighted by Gasteiger charge is 2.45. The minimum atomic E-state index is -3.74. The molecule has 1 aliphatic rings. The van der Waals surface area contributed by atoms with Crippen LogP contribution in [0.4, 0.5) is 9.18 Å². The SMILES string of the molecule is CC(C)(C)OC(=O)N1[C@@H](Cc2ccc(S(=O)(=O)c3ccc(F)cc3)cc2)COC1(C)C. The average molecular weight is 450 g/mol.